The molecule has 2 aromatic carbocycles. The summed E-state index contributed by atoms with van der Waals surface area (Å²) < 4.78 is 11.8. The molecule has 0 radical (unpaired) electrons. The Balaban J connectivity index is 1.82. The van der Waals surface area contributed by atoms with Crippen LogP contribution in [0.1, 0.15) is 47.5 Å². The van der Waals surface area contributed by atoms with Crippen LogP contribution in [0.15, 0.2) is 46.9 Å². The van der Waals surface area contributed by atoms with Gasteiger partial charge < -0.3 is 14.8 Å². The summed E-state index contributed by atoms with van der Waals surface area (Å²) >= 11 is 10.8. The van der Waals surface area contributed by atoms with E-state index >= 15 is 0 Å². The molecule has 0 saturated heterocycles. The first-order valence-corrected chi connectivity index (χ1v) is 12.5. The summed E-state index contributed by atoms with van der Waals surface area (Å²) in [5.41, 5.74) is 3.04. The summed E-state index contributed by atoms with van der Waals surface area (Å²) in [6, 6.07) is 13.0. The van der Waals surface area contributed by atoms with Crippen molar-refractivity contribution in [2.75, 3.05) is 18.5 Å². The lowest BCUT2D eigenvalue weighted by atomic mass is 10.0. The normalized spacial score (nSPS) is 10.9. The molecule has 174 valence electrons. The highest BCUT2D eigenvalue weighted by molar-refractivity contribution is 9.10. The molecule has 0 fully saturated rings. The van der Waals surface area contributed by atoms with E-state index in [1.54, 1.807) is 19.1 Å². The average Bonchev–Trinajstić information content (AvgIpc) is 3.09. The number of carbonyl (C=O) groups is 2. The minimum absolute atomic E-state index is 0.199. The Morgan fingerprint density at radius 1 is 1.15 bits per heavy atom. The number of carbonyl (C=O) groups excluding carboxylic acids is 2. The third kappa shape index (κ3) is 6.16. The van der Waals surface area contributed by atoms with Gasteiger partial charge in [0.15, 0.2) is 6.61 Å². The number of benzene rings is 2. The molecule has 8 heteroatoms. The Labute approximate surface area is 211 Å². The van der Waals surface area contributed by atoms with Gasteiger partial charge in [0, 0.05) is 15.5 Å². The third-order valence-electron chi connectivity index (χ3n) is 4.93. The van der Waals surface area contributed by atoms with E-state index in [1.165, 1.54) is 16.9 Å². The smallest absolute Gasteiger partial charge is 0.341 e. The van der Waals surface area contributed by atoms with Crippen molar-refractivity contribution < 1.29 is 19.1 Å². The number of halogens is 2. The molecular formula is C25H25BrClNO4S. The lowest BCUT2D eigenvalue weighted by molar-refractivity contribution is -0.118. The molecule has 5 nitrogen and oxygen atoms in total. The van der Waals surface area contributed by atoms with Gasteiger partial charge in [-0.2, -0.15) is 0 Å². The lowest BCUT2D eigenvalue weighted by Gasteiger charge is -2.12. The lowest BCUT2D eigenvalue weighted by Crippen LogP contribution is -2.21. The fourth-order valence-electron chi connectivity index (χ4n) is 3.29. The summed E-state index contributed by atoms with van der Waals surface area (Å²) in [5.74, 6) is 0.0977. The van der Waals surface area contributed by atoms with Crippen LogP contribution in [-0.4, -0.2) is 25.1 Å². The average molecular weight is 551 g/mol. The molecule has 3 rings (SSSR count). The molecule has 0 aliphatic heterocycles. The maximum absolute atomic E-state index is 12.8. The number of aryl methyl sites for hydroxylation is 1. The van der Waals surface area contributed by atoms with Crippen LogP contribution in [0.5, 0.6) is 5.75 Å². The van der Waals surface area contributed by atoms with E-state index in [9.17, 15) is 9.59 Å². The van der Waals surface area contributed by atoms with E-state index < -0.39 is 5.97 Å². The van der Waals surface area contributed by atoms with Crippen LogP contribution in [0.2, 0.25) is 5.02 Å². The molecule has 1 heterocycles. The van der Waals surface area contributed by atoms with Gasteiger partial charge >= 0.3 is 5.97 Å². The number of hydrogen-bond acceptors (Lipinski definition) is 5. The molecule has 0 unspecified atom stereocenters. The largest absolute Gasteiger partial charge is 0.483 e. The summed E-state index contributed by atoms with van der Waals surface area (Å²) in [6.45, 7) is 7.89. The number of esters is 1. The second-order valence-electron chi connectivity index (χ2n) is 7.65. The Morgan fingerprint density at radius 3 is 2.45 bits per heavy atom. The molecule has 0 bridgehead atoms. The van der Waals surface area contributed by atoms with E-state index in [2.05, 4.69) is 35.1 Å². The quantitative estimate of drug-likeness (QED) is 0.296. The first-order valence-electron chi connectivity index (χ1n) is 10.5. The second-order valence-corrected chi connectivity index (χ2v) is 10.2. The first kappa shape index (κ1) is 25.3. The molecule has 0 aliphatic carbocycles. The molecule has 0 aliphatic rings. The molecule has 0 saturated carbocycles. The van der Waals surface area contributed by atoms with Gasteiger partial charge in [-0.15, -0.1) is 11.3 Å². The molecule has 1 amide bonds. The summed E-state index contributed by atoms with van der Waals surface area (Å²) in [6.07, 6.45) is 0. The predicted octanol–water partition coefficient (Wildman–Crippen LogP) is 7.46. The van der Waals surface area contributed by atoms with Crippen LogP contribution in [0.4, 0.5) is 5.00 Å². The third-order valence-corrected chi connectivity index (χ3v) is 6.82. The molecule has 0 spiro atoms. The van der Waals surface area contributed by atoms with Crippen molar-refractivity contribution in [2.45, 2.75) is 33.6 Å². The zero-order chi connectivity index (χ0) is 24.1. The van der Waals surface area contributed by atoms with Crippen LogP contribution in [0, 0.1) is 6.92 Å². The number of amides is 1. The van der Waals surface area contributed by atoms with Gasteiger partial charge in [-0.1, -0.05) is 43.6 Å². The Kier molecular flexibility index (Phi) is 8.57. The van der Waals surface area contributed by atoms with Crippen molar-refractivity contribution in [3.05, 3.63) is 68.0 Å². The first-order chi connectivity index (χ1) is 15.7. The molecular weight excluding hydrogens is 526 g/mol. The molecule has 1 aromatic heterocycles. The monoisotopic (exact) mass is 549 g/mol. The van der Waals surface area contributed by atoms with Gasteiger partial charge in [-0.25, -0.2) is 4.79 Å². The topological polar surface area (TPSA) is 64.6 Å². The van der Waals surface area contributed by atoms with Crippen LogP contribution < -0.4 is 10.1 Å². The second kappa shape index (κ2) is 11.2. The number of rotatable bonds is 8. The standard InChI is InChI=1S/C25H25BrClNO4S/c1-5-31-25(30)23-22(16-6-9-18(27)10-7-16)15(4)33-24(23)28-21(29)13-32-20-11-8-17(14(2)3)12-19(20)26/h6-12,14H,5,13H2,1-4H3,(H,28,29). The van der Waals surface area contributed by atoms with E-state index in [1.807, 2.05) is 37.3 Å². The highest BCUT2D eigenvalue weighted by Crippen LogP contribution is 2.40. The van der Waals surface area contributed by atoms with Crippen molar-refractivity contribution in [1.29, 1.82) is 0 Å². The van der Waals surface area contributed by atoms with Gasteiger partial charge in [0.2, 0.25) is 0 Å². The van der Waals surface area contributed by atoms with E-state index in [0.29, 0.717) is 27.3 Å². The van der Waals surface area contributed by atoms with Crippen LogP contribution >= 0.6 is 38.9 Å². The van der Waals surface area contributed by atoms with Crippen LogP contribution in [-0.2, 0) is 9.53 Å². The van der Waals surface area contributed by atoms with Crippen molar-refractivity contribution in [1.82, 2.24) is 0 Å². The summed E-state index contributed by atoms with van der Waals surface area (Å²) in [5, 5.41) is 3.85. The number of anilines is 1. The van der Waals surface area contributed by atoms with E-state index in [0.717, 1.165) is 20.5 Å². The highest BCUT2D eigenvalue weighted by atomic mass is 79.9. The van der Waals surface area contributed by atoms with E-state index in [-0.39, 0.29) is 19.1 Å². The van der Waals surface area contributed by atoms with Crippen molar-refractivity contribution >= 4 is 55.7 Å². The Bertz CT molecular complexity index is 1160. The number of nitrogens with one attached hydrogen (secondary N) is 1. The zero-order valence-corrected chi connectivity index (χ0v) is 22.0. The fourth-order valence-corrected chi connectivity index (χ4v) is 5.01. The minimum atomic E-state index is -0.491. The van der Waals surface area contributed by atoms with E-state index in [4.69, 9.17) is 21.1 Å². The Hall–Kier alpha value is -2.35. The molecule has 0 atom stereocenters. The maximum atomic E-state index is 12.8. The minimum Gasteiger partial charge on any atom is -0.483 e. The molecule has 33 heavy (non-hydrogen) atoms. The van der Waals surface area contributed by atoms with Crippen molar-refractivity contribution in [2.24, 2.45) is 0 Å². The predicted molar refractivity (Wildman–Crippen MR) is 138 cm³/mol. The molecule has 1 N–H and O–H groups in total. The van der Waals surface area contributed by atoms with Gasteiger partial charge in [-0.3, -0.25) is 4.79 Å². The van der Waals surface area contributed by atoms with Crippen LogP contribution in [0.3, 0.4) is 0 Å². The van der Waals surface area contributed by atoms with Crippen LogP contribution in [0.25, 0.3) is 11.1 Å². The summed E-state index contributed by atoms with van der Waals surface area (Å²) in [4.78, 5) is 26.4. The van der Waals surface area contributed by atoms with Crippen molar-refractivity contribution in [3.8, 4) is 16.9 Å². The van der Waals surface area contributed by atoms with Gasteiger partial charge in [0.1, 0.15) is 16.3 Å². The number of hydrogen-bond donors (Lipinski definition) is 1. The Morgan fingerprint density at radius 2 is 1.85 bits per heavy atom. The number of thiophene rings is 1. The SMILES string of the molecule is CCOC(=O)c1c(NC(=O)COc2ccc(C(C)C)cc2Br)sc(C)c1-c1ccc(Cl)cc1. The zero-order valence-electron chi connectivity index (χ0n) is 18.8. The fraction of sp³-hybridized carbons (Fsp3) is 0.280. The summed E-state index contributed by atoms with van der Waals surface area (Å²) in [7, 11) is 0. The van der Waals surface area contributed by atoms with Crippen molar-refractivity contribution in [3.63, 3.8) is 0 Å². The highest BCUT2D eigenvalue weighted by Gasteiger charge is 2.25. The maximum Gasteiger partial charge on any atom is 0.341 e. The number of ether oxygens (including phenoxy) is 2. The van der Waals surface area contributed by atoms with Gasteiger partial charge in [0.25, 0.3) is 5.91 Å². The van der Waals surface area contributed by atoms with Gasteiger partial charge in [0.05, 0.1) is 11.1 Å². The molecule has 3 aromatic rings. The van der Waals surface area contributed by atoms with Gasteiger partial charge in [-0.05, 0) is 71.1 Å².